The molecule has 21 heavy (non-hydrogen) atoms. The number of nitrogens with one attached hydrogen (secondary N) is 1. The minimum atomic E-state index is -0.572. The smallest absolute Gasteiger partial charge is 0.313 e. The fraction of sp³-hybridized carbons (Fsp3) is 0.143. The van der Waals surface area contributed by atoms with Crippen molar-refractivity contribution < 1.29 is 0 Å². The molecular weight excluding hydrogens is 272 g/mol. The van der Waals surface area contributed by atoms with Gasteiger partial charge in [0.1, 0.15) is 5.69 Å². The number of nitrogens with zero attached hydrogens (tertiary/aromatic N) is 3. The average Bonchev–Trinajstić information content (AvgIpc) is 2.51. The number of benzene rings is 1. The predicted molar refractivity (Wildman–Crippen MR) is 78.3 cm³/mol. The van der Waals surface area contributed by atoms with Gasteiger partial charge in [0.15, 0.2) is 11.2 Å². The van der Waals surface area contributed by atoms with Crippen molar-refractivity contribution in [3.05, 3.63) is 61.5 Å². The lowest BCUT2D eigenvalue weighted by molar-refractivity contribution is 0.704. The Morgan fingerprint density at radius 3 is 2.33 bits per heavy atom. The van der Waals surface area contributed by atoms with Crippen LogP contribution < -0.4 is 16.8 Å². The van der Waals surface area contributed by atoms with E-state index in [0.29, 0.717) is 5.56 Å². The molecule has 0 unspecified atom stereocenters. The normalized spacial score (nSPS) is 11.0. The van der Waals surface area contributed by atoms with E-state index >= 15 is 0 Å². The highest BCUT2D eigenvalue weighted by atomic mass is 16.2. The molecule has 0 bridgehead atoms. The van der Waals surface area contributed by atoms with Crippen LogP contribution in [0, 0.1) is 0 Å². The largest absolute Gasteiger partial charge is 0.332 e. The highest BCUT2D eigenvalue weighted by Gasteiger charge is 2.14. The van der Waals surface area contributed by atoms with Gasteiger partial charge in [0.05, 0.1) is 0 Å². The number of rotatable bonds is 1. The summed E-state index contributed by atoms with van der Waals surface area (Å²) >= 11 is 0. The second-order valence-electron chi connectivity index (χ2n) is 4.68. The Labute approximate surface area is 118 Å². The Kier molecular flexibility index (Phi) is 2.83. The van der Waals surface area contributed by atoms with Crippen LogP contribution in [-0.4, -0.2) is 19.1 Å². The Hall–Kier alpha value is -2.96. The highest BCUT2D eigenvalue weighted by Crippen LogP contribution is 2.13. The quantitative estimate of drug-likeness (QED) is 0.680. The van der Waals surface area contributed by atoms with Crippen molar-refractivity contribution in [2.75, 3.05) is 0 Å². The van der Waals surface area contributed by atoms with Gasteiger partial charge in [0.2, 0.25) is 0 Å². The van der Waals surface area contributed by atoms with Crippen molar-refractivity contribution in [1.29, 1.82) is 0 Å². The van der Waals surface area contributed by atoms with E-state index in [-0.39, 0.29) is 16.9 Å². The molecule has 0 spiro atoms. The van der Waals surface area contributed by atoms with E-state index in [9.17, 15) is 14.4 Å². The summed E-state index contributed by atoms with van der Waals surface area (Å²) < 4.78 is 2.17. The molecule has 3 rings (SSSR count). The zero-order valence-electron chi connectivity index (χ0n) is 11.5. The molecule has 1 N–H and O–H groups in total. The molecule has 1 aromatic carbocycles. The van der Waals surface area contributed by atoms with Crippen LogP contribution >= 0.6 is 0 Å². The lowest BCUT2D eigenvalue weighted by atomic mass is 10.1. The molecule has 7 nitrogen and oxygen atoms in total. The SMILES string of the molecule is Cn1c(=O)c2[nH]c(=O)c(-c3ccccc3)nc2n(C)c1=O. The van der Waals surface area contributed by atoms with Gasteiger partial charge in [0, 0.05) is 19.7 Å². The Morgan fingerprint density at radius 1 is 1.00 bits per heavy atom. The summed E-state index contributed by atoms with van der Waals surface area (Å²) in [6.07, 6.45) is 0. The number of hydrogen-bond donors (Lipinski definition) is 1. The third kappa shape index (κ3) is 1.90. The van der Waals surface area contributed by atoms with Crippen molar-refractivity contribution >= 4 is 11.2 Å². The third-order valence-electron chi connectivity index (χ3n) is 3.35. The molecule has 0 fully saturated rings. The van der Waals surface area contributed by atoms with Crippen LogP contribution in [0.5, 0.6) is 0 Å². The minimum Gasteiger partial charge on any atom is -0.313 e. The van der Waals surface area contributed by atoms with Crippen molar-refractivity contribution in [2.45, 2.75) is 0 Å². The first kappa shape index (κ1) is 13.0. The van der Waals surface area contributed by atoms with E-state index in [4.69, 9.17) is 0 Å². The standard InChI is InChI=1S/C14H12N4O3/c1-17-11-10(13(20)18(2)14(17)21)16-12(19)9(15-11)8-6-4-3-5-7-8/h3-7H,1-2H3,(H,16,19). The first-order valence-corrected chi connectivity index (χ1v) is 6.26. The molecule has 0 aliphatic carbocycles. The summed E-state index contributed by atoms with van der Waals surface area (Å²) in [7, 11) is 2.86. The Balaban J connectivity index is 2.48. The van der Waals surface area contributed by atoms with E-state index in [0.717, 1.165) is 4.57 Å². The molecule has 0 amide bonds. The zero-order chi connectivity index (χ0) is 15.1. The van der Waals surface area contributed by atoms with Crippen molar-refractivity contribution in [3.63, 3.8) is 0 Å². The molecule has 0 atom stereocenters. The maximum absolute atomic E-state index is 12.1. The van der Waals surface area contributed by atoms with Crippen molar-refractivity contribution in [3.8, 4) is 11.3 Å². The highest BCUT2D eigenvalue weighted by molar-refractivity contribution is 5.72. The molecule has 7 heteroatoms. The van der Waals surface area contributed by atoms with Crippen molar-refractivity contribution in [2.24, 2.45) is 14.1 Å². The van der Waals surface area contributed by atoms with Crippen LogP contribution in [0.15, 0.2) is 44.7 Å². The summed E-state index contributed by atoms with van der Waals surface area (Å²) in [6, 6.07) is 8.86. The third-order valence-corrected chi connectivity index (χ3v) is 3.35. The van der Waals surface area contributed by atoms with Crippen LogP contribution in [0.3, 0.4) is 0 Å². The van der Waals surface area contributed by atoms with Gasteiger partial charge in [-0.15, -0.1) is 0 Å². The molecule has 0 saturated carbocycles. The molecule has 0 aliphatic heterocycles. The zero-order valence-corrected chi connectivity index (χ0v) is 11.5. The summed E-state index contributed by atoms with van der Waals surface area (Å²) in [5.41, 5.74) is -0.571. The minimum absolute atomic E-state index is 0.0179. The first-order valence-electron chi connectivity index (χ1n) is 6.26. The fourth-order valence-corrected chi connectivity index (χ4v) is 2.19. The Morgan fingerprint density at radius 2 is 1.67 bits per heavy atom. The molecule has 0 aliphatic rings. The molecule has 2 aromatic heterocycles. The van der Waals surface area contributed by atoms with Gasteiger partial charge in [-0.05, 0) is 0 Å². The number of aryl methyl sites for hydroxylation is 1. The molecule has 3 aromatic rings. The first-order chi connectivity index (χ1) is 10.0. The summed E-state index contributed by atoms with van der Waals surface area (Å²) in [4.78, 5) is 42.8. The van der Waals surface area contributed by atoms with Crippen LogP contribution in [0.2, 0.25) is 0 Å². The Bertz CT molecular complexity index is 1010. The van der Waals surface area contributed by atoms with E-state index in [1.165, 1.54) is 18.7 Å². The fourth-order valence-electron chi connectivity index (χ4n) is 2.19. The van der Waals surface area contributed by atoms with Gasteiger partial charge in [-0.25, -0.2) is 9.78 Å². The lowest BCUT2D eigenvalue weighted by Crippen LogP contribution is -2.38. The molecule has 0 saturated heterocycles. The average molecular weight is 284 g/mol. The second kappa shape index (κ2) is 4.55. The summed E-state index contributed by atoms with van der Waals surface area (Å²) in [5, 5.41) is 0. The van der Waals surface area contributed by atoms with E-state index < -0.39 is 16.8 Å². The van der Waals surface area contributed by atoms with Crippen LogP contribution in [0.25, 0.3) is 22.4 Å². The molecular formula is C14H12N4O3. The number of aromatic nitrogens is 4. The van der Waals surface area contributed by atoms with Gasteiger partial charge in [0.25, 0.3) is 11.1 Å². The number of aromatic amines is 1. The number of hydrogen-bond acceptors (Lipinski definition) is 4. The molecule has 106 valence electrons. The lowest BCUT2D eigenvalue weighted by Gasteiger charge is -2.07. The number of fused-ring (bicyclic) bond motifs is 1. The summed E-state index contributed by atoms with van der Waals surface area (Å²) in [6.45, 7) is 0. The summed E-state index contributed by atoms with van der Waals surface area (Å²) in [5.74, 6) is 0. The maximum atomic E-state index is 12.1. The van der Waals surface area contributed by atoms with Crippen LogP contribution in [0.1, 0.15) is 0 Å². The van der Waals surface area contributed by atoms with Crippen molar-refractivity contribution in [1.82, 2.24) is 19.1 Å². The van der Waals surface area contributed by atoms with Gasteiger partial charge in [-0.3, -0.25) is 18.7 Å². The van der Waals surface area contributed by atoms with Gasteiger partial charge >= 0.3 is 5.69 Å². The second-order valence-corrected chi connectivity index (χ2v) is 4.68. The van der Waals surface area contributed by atoms with Crippen LogP contribution in [0.4, 0.5) is 0 Å². The van der Waals surface area contributed by atoms with Crippen LogP contribution in [-0.2, 0) is 14.1 Å². The van der Waals surface area contributed by atoms with Gasteiger partial charge in [-0.1, -0.05) is 30.3 Å². The monoisotopic (exact) mass is 284 g/mol. The van der Waals surface area contributed by atoms with E-state index in [2.05, 4.69) is 9.97 Å². The van der Waals surface area contributed by atoms with E-state index in [1.54, 1.807) is 24.3 Å². The molecule has 0 radical (unpaired) electrons. The molecule has 2 heterocycles. The van der Waals surface area contributed by atoms with Gasteiger partial charge in [-0.2, -0.15) is 0 Å². The predicted octanol–water partition coefficient (Wildman–Crippen LogP) is -0.0125. The topological polar surface area (TPSA) is 89.8 Å². The van der Waals surface area contributed by atoms with Gasteiger partial charge < -0.3 is 4.98 Å². The van der Waals surface area contributed by atoms with E-state index in [1.807, 2.05) is 6.07 Å². The number of H-pyrrole nitrogens is 1. The maximum Gasteiger partial charge on any atom is 0.332 e.